The average molecular weight is 297 g/mol. The fourth-order valence-electron chi connectivity index (χ4n) is 3.04. The van der Waals surface area contributed by atoms with Crippen LogP contribution in [0.1, 0.15) is 29.9 Å². The Hall–Kier alpha value is -2.00. The fraction of sp³-hybridized carbons (Fsp3) is 0.368. The molecular weight excluding hydrogens is 274 g/mol. The van der Waals surface area contributed by atoms with E-state index in [1.54, 1.807) is 7.11 Å². The van der Waals surface area contributed by atoms with E-state index in [2.05, 4.69) is 29.6 Å². The van der Waals surface area contributed by atoms with Crippen LogP contribution in [0.2, 0.25) is 0 Å². The van der Waals surface area contributed by atoms with Crippen molar-refractivity contribution in [1.29, 1.82) is 0 Å². The van der Waals surface area contributed by atoms with Gasteiger partial charge in [0.15, 0.2) is 11.5 Å². The fourth-order valence-corrected chi connectivity index (χ4v) is 3.04. The van der Waals surface area contributed by atoms with Gasteiger partial charge in [0.05, 0.1) is 7.11 Å². The van der Waals surface area contributed by atoms with Gasteiger partial charge in [0.2, 0.25) is 0 Å². The minimum absolute atomic E-state index is 0.504. The third-order valence-electron chi connectivity index (χ3n) is 4.19. The van der Waals surface area contributed by atoms with Gasteiger partial charge >= 0.3 is 0 Å². The molecule has 3 rings (SSSR count). The molecular formula is C19H23NO2. The Morgan fingerprint density at radius 2 is 1.95 bits per heavy atom. The molecule has 22 heavy (non-hydrogen) atoms. The van der Waals surface area contributed by atoms with Crippen LogP contribution >= 0.6 is 0 Å². The quantitative estimate of drug-likeness (QED) is 0.912. The van der Waals surface area contributed by atoms with Crippen molar-refractivity contribution in [2.75, 3.05) is 20.2 Å². The van der Waals surface area contributed by atoms with E-state index in [9.17, 15) is 0 Å². The minimum Gasteiger partial charge on any atom is -0.493 e. The number of rotatable bonds is 5. The second kappa shape index (κ2) is 7.32. The molecule has 0 radical (unpaired) electrons. The maximum absolute atomic E-state index is 6.00. The first kappa shape index (κ1) is 14.9. The Balaban J connectivity index is 1.78. The number of methoxy groups -OCH3 is 1. The highest BCUT2D eigenvalue weighted by atomic mass is 16.5. The molecule has 1 aliphatic heterocycles. The normalized spacial score (nSPS) is 18.0. The van der Waals surface area contributed by atoms with Crippen molar-refractivity contribution in [3.8, 4) is 11.5 Å². The number of hydrogen-bond donors (Lipinski definition) is 1. The lowest BCUT2D eigenvalue weighted by Gasteiger charge is -2.25. The maximum Gasteiger partial charge on any atom is 0.164 e. The zero-order valence-electron chi connectivity index (χ0n) is 13.0. The summed E-state index contributed by atoms with van der Waals surface area (Å²) in [5, 5.41) is 3.47. The van der Waals surface area contributed by atoms with Crippen LogP contribution in [0.3, 0.4) is 0 Å². The van der Waals surface area contributed by atoms with Crippen molar-refractivity contribution in [2.24, 2.45) is 0 Å². The minimum atomic E-state index is 0.504. The van der Waals surface area contributed by atoms with Crippen molar-refractivity contribution in [1.82, 2.24) is 5.32 Å². The third kappa shape index (κ3) is 3.42. The first-order valence-corrected chi connectivity index (χ1v) is 7.93. The zero-order valence-corrected chi connectivity index (χ0v) is 13.0. The molecule has 116 valence electrons. The third-order valence-corrected chi connectivity index (χ3v) is 4.19. The van der Waals surface area contributed by atoms with Gasteiger partial charge in [-0.05, 0) is 31.0 Å². The van der Waals surface area contributed by atoms with Gasteiger partial charge in [0.25, 0.3) is 0 Å². The van der Waals surface area contributed by atoms with Gasteiger partial charge in [-0.2, -0.15) is 0 Å². The number of hydrogen-bond acceptors (Lipinski definition) is 3. The van der Waals surface area contributed by atoms with Crippen LogP contribution in [0.25, 0.3) is 0 Å². The van der Waals surface area contributed by atoms with E-state index < -0.39 is 0 Å². The second-order valence-corrected chi connectivity index (χ2v) is 5.70. The van der Waals surface area contributed by atoms with Crippen LogP contribution in [0, 0.1) is 0 Å². The smallest absolute Gasteiger partial charge is 0.164 e. The SMILES string of the molecule is COc1c(OCc2ccccc2)cccc1C1CCCNC1. The maximum atomic E-state index is 6.00. The number of nitrogens with one attached hydrogen (secondary N) is 1. The molecule has 0 bridgehead atoms. The van der Waals surface area contributed by atoms with Crippen molar-refractivity contribution in [3.05, 3.63) is 59.7 Å². The number of piperidine rings is 1. The molecule has 1 fully saturated rings. The Morgan fingerprint density at radius 1 is 1.09 bits per heavy atom. The van der Waals surface area contributed by atoms with Gasteiger partial charge in [-0.1, -0.05) is 42.5 Å². The molecule has 1 heterocycles. The molecule has 1 saturated heterocycles. The molecule has 1 unspecified atom stereocenters. The Morgan fingerprint density at radius 3 is 2.68 bits per heavy atom. The summed E-state index contributed by atoms with van der Waals surface area (Å²) >= 11 is 0. The summed E-state index contributed by atoms with van der Waals surface area (Å²) in [6.07, 6.45) is 2.41. The number of para-hydroxylation sites is 1. The number of benzene rings is 2. The molecule has 0 amide bonds. The Labute approximate surface area is 132 Å². The van der Waals surface area contributed by atoms with Crippen LogP contribution < -0.4 is 14.8 Å². The highest BCUT2D eigenvalue weighted by Crippen LogP contribution is 2.38. The van der Waals surface area contributed by atoms with Crippen LogP contribution in [0.5, 0.6) is 11.5 Å². The lowest BCUT2D eigenvalue weighted by molar-refractivity contribution is 0.281. The van der Waals surface area contributed by atoms with E-state index in [0.29, 0.717) is 12.5 Å². The summed E-state index contributed by atoms with van der Waals surface area (Å²) in [4.78, 5) is 0. The second-order valence-electron chi connectivity index (χ2n) is 5.70. The molecule has 1 aliphatic rings. The van der Waals surface area contributed by atoms with E-state index in [0.717, 1.165) is 30.2 Å². The largest absolute Gasteiger partial charge is 0.493 e. The van der Waals surface area contributed by atoms with Crippen molar-refractivity contribution >= 4 is 0 Å². The summed E-state index contributed by atoms with van der Waals surface area (Å²) in [5.41, 5.74) is 2.41. The summed E-state index contributed by atoms with van der Waals surface area (Å²) in [5.74, 6) is 2.21. The van der Waals surface area contributed by atoms with E-state index in [1.165, 1.54) is 18.4 Å². The van der Waals surface area contributed by atoms with E-state index in [1.807, 2.05) is 24.3 Å². The van der Waals surface area contributed by atoms with Crippen LogP contribution in [0.15, 0.2) is 48.5 Å². The monoisotopic (exact) mass is 297 g/mol. The van der Waals surface area contributed by atoms with E-state index in [4.69, 9.17) is 9.47 Å². The zero-order chi connectivity index (χ0) is 15.2. The van der Waals surface area contributed by atoms with Gasteiger partial charge < -0.3 is 14.8 Å². The molecule has 2 aromatic rings. The van der Waals surface area contributed by atoms with Gasteiger partial charge in [-0.15, -0.1) is 0 Å². The van der Waals surface area contributed by atoms with Crippen molar-refractivity contribution < 1.29 is 9.47 Å². The number of ether oxygens (including phenoxy) is 2. The topological polar surface area (TPSA) is 30.5 Å². The molecule has 0 saturated carbocycles. The molecule has 0 spiro atoms. The predicted octanol–water partition coefficient (Wildman–Crippen LogP) is 3.74. The molecule has 3 nitrogen and oxygen atoms in total. The molecule has 2 aromatic carbocycles. The summed E-state index contributed by atoms with van der Waals surface area (Å²) < 4.78 is 11.7. The highest BCUT2D eigenvalue weighted by molar-refractivity contribution is 5.48. The summed E-state index contributed by atoms with van der Waals surface area (Å²) in [6, 6.07) is 16.4. The lowest BCUT2D eigenvalue weighted by Crippen LogP contribution is -2.28. The van der Waals surface area contributed by atoms with Gasteiger partial charge in [0, 0.05) is 18.0 Å². The summed E-state index contributed by atoms with van der Waals surface area (Å²) in [7, 11) is 1.73. The molecule has 3 heteroatoms. The molecule has 0 aromatic heterocycles. The standard InChI is InChI=1S/C19H23NO2/c1-21-19-17(16-9-6-12-20-13-16)10-5-11-18(19)22-14-15-7-3-2-4-8-15/h2-5,7-8,10-11,16,20H,6,9,12-14H2,1H3. The van der Waals surface area contributed by atoms with Crippen molar-refractivity contribution in [2.45, 2.75) is 25.4 Å². The van der Waals surface area contributed by atoms with Crippen LogP contribution in [-0.2, 0) is 6.61 Å². The van der Waals surface area contributed by atoms with Gasteiger partial charge in [0.1, 0.15) is 6.61 Å². The van der Waals surface area contributed by atoms with Crippen molar-refractivity contribution in [3.63, 3.8) is 0 Å². The average Bonchev–Trinajstić information content (AvgIpc) is 2.61. The molecule has 1 atom stereocenters. The Bertz CT molecular complexity index is 592. The highest BCUT2D eigenvalue weighted by Gasteiger charge is 2.21. The molecule has 0 aliphatic carbocycles. The van der Waals surface area contributed by atoms with Crippen LogP contribution in [0.4, 0.5) is 0 Å². The van der Waals surface area contributed by atoms with E-state index >= 15 is 0 Å². The first-order chi connectivity index (χ1) is 10.9. The summed E-state index contributed by atoms with van der Waals surface area (Å²) in [6.45, 7) is 2.69. The Kier molecular flexibility index (Phi) is 4.96. The molecule has 1 N–H and O–H groups in total. The van der Waals surface area contributed by atoms with E-state index in [-0.39, 0.29) is 0 Å². The first-order valence-electron chi connectivity index (χ1n) is 7.93. The van der Waals surface area contributed by atoms with Gasteiger partial charge in [-0.25, -0.2) is 0 Å². The van der Waals surface area contributed by atoms with Crippen LogP contribution in [-0.4, -0.2) is 20.2 Å². The lowest BCUT2D eigenvalue weighted by atomic mass is 9.91. The van der Waals surface area contributed by atoms with Gasteiger partial charge in [-0.3, -0.25) is 0 Å². The predicted molar refractivity (Wildman–Crippen MR) is 88.6 cm³/mol.